The monoisotopic (exact) mass is 759 g/mol. The standard InChI is InChI=1S/C52H33N5S/c1-3-15-33(16-4-1)51-53-48(54-52(55-51)34-17-5-2-6-18-34)32-35-31-36(27-29-42(35)57-43-23-11-7-19-37(43)38-20-8-12-24-44(38)57)56-45-25-13-9-22-41(45)49-46(56)30-28-40-39-21-10-14-26-47(39)58-50(40)49/h1-31H,32H2. The zero-order valence-corrected chi connectivity index (χ0v) is 32.1. The maximum Gasteiger partial charge on any atom is 0.163 e. The molecule has 0 fully saturated rings. The minimum Gasteiger partial charge on any atom is -0.309 e. The molecule has 0 bridgehead atoms. The molecule has 8 aromatic carbocycles. The molecule has 0 unspecified atom stereocenters. The molecule has 0 saturated heterocycles. The molecule has 6 heteroatoms. The molecular formula is C52H33N5S. The summed E-state index contributed by atoms with van der Waals surface area (Å²) in [5, 5.41) is 7.60. The second-order valence-electron chi connectivity index (χ2n) is 14.8. The zero-order chi connectivity index (χ0) is 38.2. The molecule has 5 nitrogen and oxygen atoms in total. The van der Waals surface area contributed by atoms with Gasteiger partial charge in [-0.25, -0.2) is 15.0 Å². The minimum atomic E-state index is 0.490. The van der Waals surface area contributed by atoms with Crippen LogP contribution in [-0.2, 0) is 6.42 Å². The number of aromatic nitrogens is 5. The Bertz CT molecular complexity index is 3430. The molecule has 0 amide bonds. The lowest BCUT2D eigenvalue weighted by Gasteiger charge is -2.17. The van der Waals surface area contributed by atoms with Crippen molar-refractivity contribution in [1.82, 2.24) is 24.1 Å². The number of hydrogen-bond acceptors (Lipinski definition) is 4. The molecule has 0 aliphatic rings. The number of nitrogens with zero attached hydrogens (tertiary/aromatic N) is 5. The third-order valence-electron chi connectivity index (χ3n) is 11.4. The molecular weight excluding hydrogens is 727 g/mol. The fourth-order valence-electron chi connectivity index (χ4n) is 8.87. The third kappa shape index (κ3) is 5.12. The first kappa shape index (κ1) is 32.8. The molecule has 0 aliphatic heterocycles. The van der Waals surface area contributed by atoms with Gasteiger partial charge in [0.15, 0.2) is 11.6 Å². The third-order valence-corrected chi connectivity index (χ3v) is 12.6. The molecule has 0 saturated carbocycles. The first-order valence-electron chi connectivity index (χ1n) is 19.6. The van der Waals surface area contributed by atoms with E-state index in [0.717, 1.165) is 39.1 Å². The number of fused-ring (bicyclic) bond motifs is 10. The Labute approximate surface area is 337 Å². The first-order valence-corrected chi connectivity index (χ1v) is 20.4. The lowest BCUT2D eigenvalue weighted by molar-refractivity contribution is 0.923. The van der Waals surface area contributed by atoms with Crippen molar-refractivity contribution in [2.24, 2.45) is 0 Å². The molecule has 0 spiro atoms. The summed E-state index contributed by atoms with van der Waals surface area (Å²) in [6.45, 7) is 0. The van der Waals surface area contributed by atoms with E-state index in [1.165, 1.54) is 52.8 Å². The topological polar surface area (TPSA) is 48.5 Å². The van der Waals surface area contributed by atoms with Crippen molar-refractivity contribution in [3.63, 3.8) is 0 Å². The van der Waals surface area contributed by atoms with Crippen molar-refractivity contribution in [2.45, 2.75) is 6.42 Å². The van der Waals surface area contributed by atoms with Gasteiger partial charge in [-0.05, 0) is 54.1 Å². The summed E-state index contributed by atoms with van der Waals surface area (Å²) in [6, 6.07) is 66.9. The quantitative estimate of drug-likeness (QED) is 0.170. The van der Waals surface area contributed by atoms with Crippen LogP contribution in [0.3, 0.4) is 0 Å². The lowest BCUT2D eigenvalue weighted by atomic mass is 10.1. The average molecular weight is 760 g/mol. The summed E-state index contributed by atoms with van der Waals surface area (Å²) in [7, 11) is 0. The number of hydrogen-bond donors (Lipinski definition) is 0. The highest BCUT2D eigenvalue weighted by Crippen LogP contribution is 2.44. The van der Waals surface area contributed by atoms with Gasteiger partial charge in [-0.1, -0.05) is 140 Å². The van der Waals surface area contributed by atoms with Crippen LogP contribution in [0.1, 0.15) is 11.4 Å². The molecule has 4 aromatic heterocycles. The second kappa shape index (κ2) is 13.1. The first-order chi connectivity index (χ1) is 28.8. The molecule has 12 aromatic rings. The predicted octanol–water partition coefficient (Wildman–Crippen LogP) is 13.4. The van der Waals surface area contributed by atoms with Crippen LogP contribution in [0.15, 0.2) is 188 Å². The lowest BCUT2D eigenvalue weighted by Crippen LogP contribution is -2.08. The second-order valence-corrected chi connectivity index (χ2v) is 15.8. The summed E-state index contributed by atoms with van der Waals surface area (Å²) >= 11 is 1.88. The zero-order valence-electron chi connectivity index (χ0n) is 31.2. The van der Waals surface area contributed by atoms with E-state index in [9.17, 15) is 0 Å². The van der Waals surface area contributed by atoms with Crippen molar-refractivity contribution in [3.8, 4) is 34.2 Å². The Hall–Kier alpha value is -7.41. The molecule has 58 heavy (non-hydrogen) atoms. The summed E-state index contributed by atoms with van der Waals surface area (Å²) < 4.78 is 7.48. The molecule has 12 rings (SSSR count). The van der Waals surface area contributed by atoms with Gasteiger partial charge in [-0.15, -0.1) is 11.3 Å². The van der Waals surface area contributed by atoms with Crippen LogP contribution in [0.25, 0.3) is 97.9 Å². The van der Waals surface area contributed by atoms with Crippen LogP contribution in [0, 0.1) is 0 Å². The van der Waals surface area contributed by atoms with E-state index in [1.54, 1.807) is 0 Å². The molecule has 0 aliphatic carbocycles. The summed E-state index contributed by atoms with van der Waals surface area (Å²) in [4.78, 5) is 15.4. The summed E-state index contributed by atoms with van der Waals surface area (Å²) in [5.74, 6) is 2.03. The number of rotatable bonds is 6. The normalized spacial score (nSPS) is 11.9. The molecule has 0 N–H and O–H groups in total. The van der Waals surface area contributed by atoms with E-state index in [0.29, 0.717) is 23.9 Å². The van der Waals surface area contributed by atoms with Crippen molar-refractivity contribution in [1.29, 1.82) is 0 Å². The molecule has 0 atom stereocenters. The Morgan fingerprint density at radius 1 is 0.414 bits per heavy atom. The van der Waals surface area contributed by atoms with E-state index in [1.807, 2.05) is 47.7 Å². The van der Waals surface area contributed by atoms with Crippen LogP contribution in [0.5, 0.6) is 0 Å². The maximum atomic E-state index is 5.18. The number of benzene rings is 8. The fourth-order valence-corrected chi connectivity index (χ4v) is 10.1. The molecule has 272 valence electrons. The molecule has 4 heterocycles. The van der Waals surface area contributed by atoms with Gasteiger partial charge in [-0.2, -0.15) is 0 Å². The highest BCUT2D eigenvalue weighted by atomic mass is 32.1. The Balaban J connectivity index is 1.13. The van der Waals surface area contributed by atoms with Crippen LogP contribution in [0.2, 0.25) is 0 Å². The van der Waals surface area contributed by atoms with Gasteiger partial charge in [0.1, 0.15) is 5.82 Å². The predicted molar refractivity (Wildman–Crippen MR) is 242 cm³/mol. The van der Waals surface area contributed by atoms with Crippen LogP contribution < -0.4 is 0 Å². The van der Waals surface area contributed by atoms with Crippen LogP contribution >= 0.6 is 11.3 Å². The van der Waals surface area contributed by atoms with Gasteiger partial charge in [0.05, 0.1) is 22.1 Å². The van der Waals surface area contributed by atoms with E-state index in [2.05, 4.69) is 161 Å². The summed E-state index contributed by atoms with van der Waals surface area (Å²) in [5.41, 5.74) is 9.89. The fraction of sp³-hybridized carbons (Fsp3) is 0.0192. The van der Waals surface area contributed by atoms with Crippen LogP contribution in [-0.4, -0.2) is 24.1 Å². The van der Waals surface area contributed by atoms with E-state index in [4.69, 9.17) is 15.0 Å². The van der Waals surface area contributed by atoms with E-state index >= 15 is 0 Å². The average Bonchev–Trinajstić information content (AvgIpc) is 3.95. The van der Waals surface area contributed by atoms with Crippen LogP contribution in [0.4, 0.5) is 0 Å². The number of thiophene rings is 1. The summed E-state index contributed by atoms with van der Waals surface area (Å²) in [6.07, 6.45) is 0.490. The van der Waals surface area contributed by atoms with Crippen molar-refractivity contribution in [3.05, 3.63) is 199 Å². The highest BCUT2D eigenvalue weighted by molar-refractivity contribution is 7.26. The minimum absolute atomic E-state index is 0.490. The van der Waals surface area contributed by atoms with Gasteiger partial charge in [0.25, 0.3) is 0 Å². The Morgan fingerprint density at radius 3 is 1.62 bits per heavy atom. The maximum absolute atomic E-state index is 5.18. The Morgan fingerprint density at radius 2 is 0.966 bits per heavy atom. The SMILES string of the molecule is c1ccc(-c2nc(Cc3cc(-n4c5ccccc5c5c6sc7ccccc7c6ccc54)ccc3-n3c4ccccc4c4ccccc43)nc(-c3ccccc3)n2)cc1. The van der Waals surface area contributed by atoms with Crippen molar-refractivity contribution >= 4 is 75.1 Å². The number of para-hydroxylation sites is 3. The van der Waals surface area contributed by atoms with E-state index < -0.39 is 0 Å². The van der Waals surface area contributed by atoms with Gasteiger partial charge >= 0.3 is 0 Å². The van der Waals surface area contributed by atoms with E-state index in [-0.39, 0.29) is 0 Å². The van der Waals surface area contributed by atoms with Gasteiger partial charge in [0.2, 0.25) is 0 Å². The molecule has 0 radical (unpaired) electrons. The van der Waals surface area contributed by atoms with Crippen molar-refractivity contribution < 1.29 is 0 Å². The Kier molecular flexibility index (Phi) is 7.40. The largest absolute Gasteiger partial charge is 0.309 e. The van der Waals surface area contributed by atoms with Crippen molar-refractivity contribution in [2.75, 3.05) is 0 Å². The smallest absolute Gasteiger partial charge is 0.163 e. The van der Waals surface area contributed by atoms with Gasteiger partial charge < -0.3 is 9.13 Å². The van der Waals surface area contributed by atoms with Gasteiger partial charge in [0, 0.05) is 70.6 Å². The highest BCUT2D eigenvalue weighted by Gasteiger charge is 2.21. The van der Waals surface area contributed by atoms with Gasteiger partial charge in [-0.3, -0.25) is 0 Å².